The molecular formula is C22H24N2O4S2. The summed E-state index contributed by atoms with van der Waals surface area (Å²) >= 11 is 3.86. The van der Waals surface area contributed by atoms with Gasteiger partial charge in [0.1, 0.15) is 0 Å². The molecule has 8 heteroatoms. The van der Waals surface area contributed by atoms with Gasteiger partial charge in [0.25, 0.3) is 0 Å². The number of ether oxygens (including phenoxy) is 2. The van der Waals surface area contributed by atoms with Gasteiger partial charge in [-0.05, 0) is 29.8 Å². The lowest BCUT2D eigenvalue weighted by Gasteiger charge is -2.18. The number of thioether (sulfide) groups is 2. The number of carbonyl (C=O) groups is 2. The van der Waals surface area contributed by atoms with Gasteiger partial charge < -0.3 is 19.7 Å². The van der Waals surface area contributed by atoms with Crippen molar-refractivity contribution in [3.63, 3.8) is 0 Å². The van der Waals surface area contributed by atoms with Crippen molar-refractivity contribution >= 4 is 46.7 Å². The molecule has 30 heavy (non-hydrogen) atoms. The molecule has 0 spiro atoms. The molecule has 0 bridgehead atoms. The third-order valence-corrected chi connectivity index (χ3v) is 8.33. The minimum absolute atomic E-state index is 0.0742. The van der Waals surface area contributed by atoms with Crippen LogP contribution in [0.4, 0.5) is 11.4 Å². The van der Waals surface area contributed by atoms with Crippen molar-refractivity contribution in [2.75, 3.05) is 42.5 Å². The van der Waals surface area contributed by atoms with Gasteiger partial charge >= 0.3 is 0 Å². The molecule has 2 aromatic carbocycles. The molecule has 2 fully saturated rings. The maximum atomic E-state index is 12.8. The molecule has 2 aromatic rings. The number of rotatable bonds is 6. The van der Waals surface area contributed by atoms with Gasteiger partial charge in [-0.3, -0.25) is 9.59 Å². The van der Waals surface area contributed by atoms with Crippen molar-refractivity contribution in [1.29, 1.82) is 0 Å². The highest BCUT2D eigenvalue weighted by atomic mass is 32.2. The number of hydrogen-bond donors (Lipinski definition) is 1. The average molecular weight is 445 g/mol. The van der Waals surface area contributed by atoms with E-state index in [4.69, 9.17) is 9.47 Å². The van der Waals surface area contributed by atoms with Crippen LogP contribution in [0.3, 0.4) is 0 Å². The summed E-state index contributed by atoms with van der Waals surface area (Å²) in [5, 5.41) is 3.00. The van der Waals surface area contributed by atoms with Gasteiger partial charge in [-0.2, -0.15) is 0 Å². The second-order valence-corrected chi connectivity index (χ2v) is 9.86. The average Bonchev–Trinajstić information content (AvgIpc) is 3.43. The van der Waals surface area contributed by atoms with Crippen molar-refractivity contribution in [3.8, 4) is 11.5 Å². The van der Waals surface area contributed by atoms with Crippen LogP contribution >= 0.6 is 23.5 Å². The van der Waals surface area contributed by atoms with Crippen molar-refractivity contribution < 1.29 is 19.1 Å². The summed E-state index contributed by atoms with van der Waals surface area (Å²) < 4.78 is 11.0. The first-order valence-electron chi connectivity index (χ1n) is 9.75. The van der Waals surface area contributed by atoms with E-state index >= 15 is 0 Å². The summed E-state index contributed by atoms with van der Waals surface area (Å²) in [7, 11) is 3.12. The fourth-order valence-electron chi connectivity index (χ4n) is 3.68. The number of nitrogens with zero attached hydrogens (tertiary/aromatic N) is 1. The van der Waals surface area contributed by atoms with Crippen molar-refractivity contribution in [1.82, 2.24) is 0 Å². The fourth-order valence-corrected chi connectivity index (χ4v) is 6.52. The Morgan fingerprint density at radius 1 is 1.07 bits per heavy atom. The molecule has 0 aliphatic carbocycles. The quantitative estimate of drug-likeness (QED) is 0.721. The fraction of sp³-hybridized carbons (Fsp3) is 0.364. The van der Waals surface area contributed by atoms with Crippen molar-refractivity contribution in [3.05, 3.63) is 48.0 Å². The van der Waals surface area contributed by atoms with Crippen LogP contribution in [0.25, 0.3) is 0 Å². The first kappa shape index (κ1) is 20.9. The molecule has 2 heterocycles. The zero-order chi connectivity index (χ0) is 21.1. The van der Waals surface area contributed by atoms with E-state index in [0.717, 1.165) is 17.2 Å². The summed E-state index contributed by atoms with van der Waals surface area (Å²) in [5.74, 6) is 2.86. The van der Waals surface area contributed by atoms with E-state index in [2.05, 4.69) is 11.4 Å². The van der Waals surface area contributed by atoms with Crippen molar-refractivity contribution in [2.45, 2.75) is 11.0 Å². The standard InChI is InChI=1S/C22H24N2O4S2/c1-27-18-7-6-17(12-19(18)28-2)24-13-15(11-20(24)25)21(26)23-16-5-3-4-14(10-16)22-29-8-9-30-22/h3-7,10,12,15,22H,8-9,11,13H2,1-2H3,(H,23,26). The van der Waals surface area contributed by atoms with Crippen molar-refractivity contribution in [2.24, 2.45) is 5.92 Å². The molecular weight excluding hydrogens is 420 g/mol. The lowest BCUT2D eigenvalue weighted by atomic mass is 10.1. The van der Waals surface area contributed by atoms with Crippen LogP contribution in [0, 0.1) is 5.92 Å². The first-order valence-corrected chi connectivity index (χ1v) is 11.8. The Morgan fingerprint density at radius 2 is 1.83 bits per heavy atom. The SMILES string of the molecule is COc1ccc(N2CC(C(=O)Nc3cccc(C4SCCS4)c3)CC2=O)cc1OC. The number of benzene rings is 2. The van der Waals surface area contributed by atoms with Crippen LogP contribution < -0.4 is 19.7 Å². The molecule has 2 amide bonds. The zero-order valence-electron chi connectivity index (χ0n) is 16.9. The number of amides is 2. The minimum Gasteiger partial charge on any atom is -0.493 e. The highest BCUT2D eigenvalue weighted by molar-refractivity contribution is 8.19. The summed E-state index contributed by atoms with van der Waals surface area (Å²) in [5.41, 5.74) is 2.70. The Kier molecular flexibility index (Phi) is 6.43. The van der Waals surface area contributed by atoms with Crippen LogP contribution in [0.2, 0.25) is 0 Å². The van der Waals surface area contributed by atoms with Gasteiger partial charge in [-0.25, -0.2) is 0 Å². The molecule has 1 unspecified atom stereocenters. The van der Waals surface area contributed by atoms with Gasteiger partial charge in [-0.15, -0.1) is 23.5 Å². The number of carbonyl (C=O) groups excluding carboxylic acids is 2. The maximum absolute atomic E-state index is 12.8. The Balaban J connectivity index is 1.44. The zero-order valence-corrected chi connectivity index (χ0v) is 18.6. The van der Waals surface area contributed by atoms with Gasteiger partial charge in [0.15, 0.2) is 11.5 Å². The van der Waals surface area contributed by atoms with Gasteiger partial charge in [-0.1, -0.05) is 12.1 Å². The summed E-state index contributed by atoms with van der Waals surface area (Å²) in [6.07, 6.45) is 0.189. The number of methoxy groups -OCH3 is 2. The maximum Gasteiger partial charge on any atom is 0.229 e. The predicted molar refractivity (Wildman–Crippen MR) is 123 cm³/mol. The lowest BCUT2D eigenvalue weighted by Crippen LogP contribution is -2.28. The van der Waals surface area contributed by atoms with E-state index in [9.17, 15) is 9.59 Å². The number of hydrogen-bond acceptors (Lipinski definition) is 6. The largest absolute Gasteiger partial charge is 0.493 e. The molecule has 2 saturated heterocycles. The molecule has 1 atom stereocenters. The molecule has 0 aromatic heterocycles. The van der Waals surface area contributed by atoms with Crippen LogP contribution in [-0.4, -0.2) is 44.1 Å². The Bertz CT molecular complexity index is 946. The molecule has 1 N–H and O–H groups in total. The summed E-state index contributed by atoms with van der Waals surface area (Å²) in [4.78, 5) is 27.1. The molecule has 4 rings (SSSR count). The van der Waals surface area contributed by atoms with Crippen LogP contribution in [-0.2, 0) is 9.59 Å². The molecule has 6 nitrogen and oxygen atoms in total. The monoisotopic (exact) mass is 444 g/mol. The molecule has 2 aliphatic rings. The summed E-state index contributed by atoms with van der Waals surface area (Å²) in [6.45, 7) is 0.341. The van der Waals surface area contributed by atoms with E-state index in [1.807, 2.05) is 41.7 Å². The third kappa shape index (κ3) is 4.39. The van der Waals surface area contributed by atoms with Crippen LogP contribution in [0.1, 0.15) is 16.6 Å². The van der Waals surface area contributed by atoms with E-state index < -0.39 is 5.92 Å². The minimum atomic E-state index is -0.399. The van der Waals surface area contributed by atoms with Gasteiger partial charge in [0, 0.05) is 41.9 Å². The van der Waals surface area contributed by atoms with Crippen LogP contribution in [0.15, 0.2) is 42.5 Å². The van der Waals surface area contributed by atoms with E-state index in [-0.39, 0.29) is 18.2 Å². The first-order chi connectivity index (χ1) is 14.6. The lowest BCUT2D eigenvalue weighted by molar-refractivity contribution is -0.122. The van der Waals surface area contributed by atoms with Gasteiger partial charge in [0.05, 0.1) is 24.7 Å². The molecule has 2 aliphatic heterocycles. The molecule has 0 saturated carbocycles. The van der Waals surface area contributed by atoms with Gasteiger partial charge in [0.2, 0.25) is 11.8 Å². The second-order valence-electron chi connectivity index (χ2n) is 7.13. The van der Waals surface area contributed by atoms with E-state index in [1.54, 1.807) is 37.3 Å². The highest BCUT2D eigenvalue weighted by Crippen LogP contribution is 2.45. The Morgan fingerprint density at radius 3 is 2.57 bits per heavy atom. The molecule has 158 valence electrons. The predicted octanol–water partition coefficient (Wildman–Crippen LogP) is 4.17. The third-order valence-electron chi connectivity index (χ3n) is 5.22. The smallest absolute Gasteiger partial charge is 0.229 e. The highest BCUT2D eigenvalue weighted by Gasteiger charge is 2.35. The number of anilines is 2. The topological polar surface area (TPSA) is 67.9 Å². The normalized spacial score (nSPS) is 19.2. The van der Waals surface area contributed by atoms with E-state index in [0.29, 0.717) is 28.3 Å². The van der Waals surface area contributed by atoms with Crippen LogP contribution in [0.5, 0.6) is 11.5 Å². The van der Waals surface area contributed by atoms with E-state index in [1.165, 1.54) is 5.56 Å². The Hall–Kier alpha value is -2.32. The number of nitrogens with one attached hydrogen (secondary N) is 1. The second kappa shape index (κ2) is 9.22. The Labute approximate surface area is 184 Å². The summed E-state index contributed by atoms with van der Waals surface area (Å²) in [6, 6.07) is 13.3. The molecule has 0 radical (unpaired) electrons.